The van der Waals surface area contributed by atoms with Crippen LogP contribution in [0.2, 0.25) is 0 Å². The molecule has 1 N–H and O–H groups in total. The van der Waals surface area contributed by atoms with E-state index in [1.54, 1.807) is 18.0 Å². The average molecular weight is 302 g/mol. The molecule has 7 nitrogen and oxygen atoms in total. The van der Waals surface area contributed by atoms with E-state index in [9.17, 15) is 8.42 Å². The maximum Gasteiger partial charge on any atom is 0.246 e. The molecule has 1 saturated heterocycles. The summed E-state index contributed by atoms with van der Waals surface area (Å²) in [6.07, 6.45) is 4.66. The Morgan fingerprint density at radius 2 is 2.15 bits per heavy atom. The molecule has 1 aliphatic heterocycles. The monoisotopic (exact) mass is 302 g/mol. The summed E-state index contributed by atoms with van der Waals surface area (Å²) in [7, 11) is 0.0918. The number of hydrogen-bond acceptors (Lipinski definition) is 5. The van der Waals surface area contributed by atoms with Gasteiger partial charge >= 0.3 is 0 Å². The summed E-state index contributed by atoms with van der Waals surface area (Å²) in [4.78, 5) is 0.268. The average Bonchev–Trinajstić information content (AvgIpc) is 2.94. The molecule has 0 unspecified atom stereocenters. The first-order valence-corrected chi connectivity index (χ1v) is 8.22. The lowest BCUT2D eigenvalue weighted by Crippen LogP contribution is -2.40. The van der Waals surface area contributed by atoms with Gasteiger partial charge < -0.3 is 10.1 Å². The topological polar surface area (TPSA) is 76.5 Å². The van der Waals surface area contributed by atoms with Crippen molar-refractivity contribution in [2.24, 2.45) is 0 Å². The highest BCUT2D eigenvalue weighted by atomic mass is 32.2. The van der Waals surface area contributed by atoms with Crippen molar-refractivity contribution in [3.63, 3.8) is 0 Å². The fourth-order valence-corrected chi connectivity index (χ4v) is 3.71. The normalized spacial score (nSPS) is 18.5. The number of rotatable bonds is 6. The van der Waals surface area contributed by atoms with E-state index in [1.807, 2.05) is 7.05 Å². The molecular weight excluding hydrogens is 280 g/mol. The van der Waals surface area contributed by atoms with Crippen LogP contribution >= 0.6 is 0 Å². The molecule has 0 saturated carbocycles. The van der Waals surface area contributed by atoms with Gasteiger partial charge in [-0.15, -0.1) is 0 Å². The van der Waals surface area contributed by atoms with Gasteiger partial charge in [0.25, 0.3) is 0 Å². The molecule has 2 rings (SSSR count). The summed E-state index contributed by atoms with van der Waals surface area (Å²) in [6.45, 7) is 2.41. The summed E-state index contributed by atoms with van der Waals surface area (Å²) < 4.78 is 33.4. The van der Waals surface area contributed by atoms with Crippen LogP contribution in [-0.2, 0) is 21.3 Å². The molecule has 8 heteroatoms. The van der Waals surface area contributed by atoms with Crippen molar-refractivity contribution in [1.82, 2.24) is 19.4 Å². The van der Waals surface area contributed by atoms with Gasteiger partial charge in [0.2, 0.25) is 10.0 Å². The van der Waals surface area contributed by atoms with Gasteiger partial charge in [-0.3, -0.25) is 4.68 Å². The third kappa shape index (κ3) is 3.38. The molecule has 0 aromatic carbocycles. The van der Waals surface area contributed by atoms with Gasteiger partial charge in [0.15, 0.2) is 0 Å². The van der Waals surface area contributed by atoms with Crippen LogP contribution in [0.4, 0.5) is 0 Å². The quantitative estimate of drug-likeness (QED) is 0.794. The van der Waals surface area contributed by atoms with Crippen LogP contribution in [0.5, 0.6) is 0 Å². The first kappa shape index (κ1) is 15.4. The number of hydrogen-bond donors (Lipinski definition) is 1. The van der Waals surface area contributed by atoms with E-state index in [4.69, 9.17) is 4.74 Å². The molecule has 1 aromatic heterocycles. The van der Waals surface area contributed by atoms with Gasteiger partial charge in [-0.1, -0.05) is 0 Å². The molecule has 0 spiro atoms. The van der Waals surface area contributed by atoms with Crippen LogP contribution in [0.25, 0.3) is 0 Å². The van der Waals surface area contributed by atoms with E-state index in [0.717, 1.165) is 19.4 Å². The summed E-state index contributed by atoms with van der Waals surface area (Å²) in [5.74, 6) is 0. The van der Waals surface area contributed by atoms with Crippen molar-refractivity contribution < 1.29 is 13.2 Å². The van der Waals surface area contributed by atoms with E-state index in [2.05, 4.69) is 10.4 Å². The van der Waals surface area contributed by atoms with Gasteiger partial charge in [-0.25, -0.2) is 8.42 Å². The maximum absolute atomic E-state index is 12.5. The van der Waals surface area contributed by atoms with Gasteiger partial charge in [-0.05, 0) is 19.9 Å². The number of likely N-dealkylation sites (N-methyl/N-ethyl adjacent to an activating group) is 1. The van der Waals surface area contributed by atoms with E-state index in [1.165, 1.54) is 10.5 Å². The predicted octanol–water partition coefficient (Wildman–Crippen LogP) is -0.0980. The lowest BCUT2D eigenvalue weighted by atomic mass is 10.1. The van der Waals surface area contributed by atoms with Crippen molar-refractivity contribution >= 4 is 10.0 Å². The molecule has 0 bridgehead atoms. The van der Waals surface area contributed by atoms with Crippen LogP contribution in [0.3, 0.4) is 0 Å². The Balaban J connectivity index is 2.04. The number of methoxy groups -OCH3 is 1. The van der Waals surface area contributed by atoms with Crippen molar-refractivity contribution in [2.45, 2.75) is 30.4 Å². The van der Waals surface area contributed by atoms with E-state index in [-0.39, 0.29) is 11.0 Å². The third-order valence-corrected chi connectivity index (χ3v) is 5.42. The second-order valence-corrected chi connectivity index (χ2v) is 6.82. The van der Waals surface area contributed by atoms with Crippen LogP contribution in [0.1, 0.15) is 12.8 Å². The van der Waals surface area contributed by atoms with E-state index < -0.39 is 10.0 Å². The molecule has 1 fully saturated rings. The first-order valence-electron chi connectivity index (χ1n) is 6.78. The largest absolute Gasteiger partial charge is 0.381 e. The maximum atomic E-state index is 12.5. The smallest absolute Gasteiger partial charge is 0.246 e. The second-order valence-electron chi connectivity index (χ2n) is 4.88. The first-order chi connectivity index (χ1) is 9.57. The summed E-state index contributed by atoms with van der Waals surface area (Å²) >= 11 is 0. The molecule has 2 heterocycles. The Morgan fingerprint density at radius 3 is 2.75 bits per heavy atom. The molecule has 0 amide bonds. The lowest BCUT2D eigenvalue weighted by Gasteiger charge is -2.29. The Bertz CT molecular complexity index is 521. The number of aromatic nitrogens is 2. The molecular formula is C12H22N4O3S. The number of piperidine rings is 1. The highest BCUT2D eigenvalue weighted by molar-refractivity contribution is 7.89. The van der Waals surface area contributed by atoms with E-state index >= 15 is 0 Å². The van der Waals surface area contributed by atoms with Crippen LogP contribution < -0.4 is 5.32 Å². The summed E-state index contributed by atoms with van der Waals surface area (Å²) in [5, 5.41) is 7.10. The molecule has 1 aliphatic rings. The minimum absolute atomic E-state index is 0.166. The third-order valence-electron chi connectivity index (χ3n) is 3.57. The standard InChI is InChI=1S/C12H22N4O3S/c1-13-5-8-15-10-12(9-14-15)20(17,18)16-6-3-11(19-2)4-7-16/h9-11,13H,3-8H2,1-2H3. The second kappa shape index (κ2) is 6.66. The van der Waals surface area contributed by atoms with Crippen LogP contribution in [0.15, 0.2) is 17.3 Å². The Kier molecular flexibility index (Phi) is 5.14. The van der Waals surface area contributed by atoms with Crippen LogP contribution in [-0.4, -0.2) is 62.4 Å². The Morgan fingerprint density at radius 1 is 1.45 bits per heavy atom. The Labute approximate surface area is 120 Å². The zero-order valence-corrected chi connectivity index (χ0v) is 12.8. The molecule has 0 radical (unpaired) electrons. The minimum atomic E-state index is -3.42. The number of sulfonamides is 1. The number of nitrogens with one attached hydrogen (secondary N) is 1. The van der Waals surface area contributed by atoms with Gasteiger partial charge in [0.1, 0.15) is 4.90 Å². The van der Waals surface area contributed by atoms with Gasteiger partial charge in [-0.2, -0.15) is 9.40 Å². The summed E-state index contributed by atoms with van der Waals surface area (Å²) in [5.41, 5.74) is 0. The van der Waals surface area contributed by atoms with Crippen molar-refractivity contribution in [3.05, 3.63) is 12.4 Å². The molecule has 0 aliphatic carbocycles. The van der Waals surface area contributed by atoms with Crippen molar-refractivity contribution in [3.8, 4) is 0 Å². The molecule has 1 aromatic rings. The zero-order valence-electron chi connectivity index (χ0n) is 11.9. The fourth-order valence-electron chi connectivity index (χ4n) is 2.28. The Hall–Kier alpha value is -0.960. The summed E-state index contributed by atoms with van der Waals surface area (Å²) in [6, 6.07) is 0. The number of nitrogens with zero attached hydrogens (tertiary/aromatic N) is 3. The highest BCUT2D eigenvalue weighted by Crippen LogP contribution is 2.21. The predicted molar refractivity (Wildman–Crippen MR) is 74.9 cm³/mol. The van der Waals surface area contributed by atoms with Crippen LogP contribution in [0, 0.1) is 0 Å². The molecule has 114 valence electrons. The molecule has 0 atom stereocenters. The lowest BCUT2D eigenvalue weighted by molar-refractivity contribution is 0.0604. The van der Waals surface area contributed by atoms with Gasteiger partial charge in [0.05, 0.1) is 18.8 Å². The van der Waals surface area contributed by atoms with E-state index in [0.29, 0.717) is 19.6 Å². The zero-order chi connectivity index (χ0) is 14.6. The SMILES string of the molecule is CNCCn1cc(S(=O)(=O)N2CCC(OC)CC2)cn1. The fraction of sp³-hybridized carbons (Fsp3) is 0.750. The minimum Gasteiger partial charge on any atom is -0.381 e. The van der Waals surface area contributed by atoms with Gasteiger partial charge in [0, 0.05) is 32.9 Å². The molecule has 20 heavy (non-hydrogen) atoms. The van der Waals surface area contributed by atoms with Crippen molar-refractivity contribution in [2.75, 3.05) is 33.8 Å². The highest BCUT2D eigenvalue weighted by Gasteiger charge is 2.30. The van der Waals surface area contributed by atoms with Crippen molar-refractivity contribution in [1.29, 1.82) is 0 Å². The number of ether oxygens (including phenoxy) is 1.